The molecule has 2 aliphatic heterocycles. The number of hydrogen-bond donors (Lipinski definition) is 2. The fourth-order valence-corrected chi connectivity index (χ4v) is 4.34. The number of nitrogens with one attached hydrogen (secondary N) is 2. The fourth-order valence-electron chi connectivity index (χ4n) is 4.34. The Balaban J connectivity index is 1.44. The van der Waals surface area contributed by atoms with Crippen molar-refractivity contribution in [2.24, 2.45) is 5.41 Å². The molecule has 1 aliphatic carbocycles. The van der Waals surface area contributed by atoms with Crippen molar-refractivity contribution in [3.63, 3.8) is 0 Å². The number of hydrogen-bond acceptors (Lipinski definition) is 4. The van der Waals surface area contributed by atoms with Crippen LogP contribution in [0.3, 0.4) is 0 Å². The van der Waals surface area contributed by atoms with E-state index in [9.17, 15) is 9.59 Å². The van der Waals surface area contributed by atoms with Gasteiger partial charge in [0.05, 0.1) is 0 Å². The summed E-state index contributed by atoms with van der Waals surface area (Å²) >= 11 is 0. The Bertz CT molecular complexity index is 647. The van der Waals surface area contributed by atoms with Gasteiger partial charge in [-0.2, -0.15) is 5.21 Å². The number of likely N-dealkylation sites (tertiary alicyclic amines) is 2. The third kappa shape index (κ3) is 3.21. The molecular formula is C17H26N6O2. The van der Waals surface area contributed by atoms with E-state index in [0.29, 0.717) is 5.41 Å². The lowest BCUT2D eigenvalue weighted by Crippen LogP contribution is -2.45. The summed E-state index contributed by atoms with van der Waals surface area (Å²) in [6, 6.07) is -0.169. The second-order valence-electron chi connectivity index (χ2n) is 7.68. The van der Waals surface area contributed by atoms with E-state index in [0.717, 1.165) is 45.4 Å². The Morgan fingerprint density at radius 1 is 0.920 bits per heavy atom. The molecule has 2 saturated heterocycles. The zero-order valence-electron chi connectivity index (χ0n) is 14.6. The van der Waals surface area contributed by atoms with Crippen LogP contribution in [-0.2, 0) is 0 Å². The van der Waals surface area contributed by atoms with Crippen molar-refractivity contribution in [3.05, 3.63) is 5.69 Å². The van der Waals surface area contributed by atoms with Gasteiger partial charge in [-0.05, 0) is 43.9 Å². The first-order valence-electron chi connectivity index (χ1n) is 9.43. The van der Waals surface area contributed by atoms with Gasteiger partial charge in [0, 0.05) is 26.2 Å². The maximum absolute atomic E-state index is 12.8. The van der Waals surface area contributed by atoms with Gasteiger partial charge in [-0.25, -0.2) is 4.79 Å². The fraction of sp³-hybridized carbons (Fsp3) is 0.765. The number of amides is 3. The second kappa shape index (κ2) is 6.65. The molecule has 3 heterocycles. The van der Waals surface area contributed by atoms with Crippen molar-refractivity contribution in [2.75, 3.05) is 31.5 Å². The van der Waals surface area contributed by atoms with Crippen LogP contribution >= 0.6 is 0 Å². The van der Waals surface area contributed by atoms with Gasteiger partial charge in [0.2, 0.25) is 0 Å². The van der Waals surface area contributed by atoms with Gasteiger partial charge in [-0.3, -0.25) is 10.1 Å². The number of aromatic nitrogens is 3. The summed E-state index contributed by atoms with van der Waals surface area (Å²) in [5.74, 6) is 0.0849. The lowest BCUT2D eigenvalue weighted by molar-refractivity contribution is 0.0787. The monoisotopic (exact) mass is 346 g/mol. The van der Waals surface area contributed by atoms with E-state index in [1.165, 1.54) is 32.1 Å². The second-order valence-corrected chi connectivity index (χ2v) is 7.68. The largest absolute Gasteiger partial charge is 0.337 e. The molecule has 3 aliphatic rings. The number of H-pyrrole nitrogens is 1. The molecule has 0 atom stereocenters. The molecule has 1 aromatic heterocycles. The first kappa shape index (κ1) is 16.4. The smallest absolute Gasteiger partial charge is 0.323 e. The average Bonchev–Trinajstić information content (AvgIpc) is 3.20. The molecule has 1 aromatic rings. The van der Waals surface area contributed by atoms with E-state index in [1.807, 2.05) is 4.90 Å². The van der Waals surface area contributed by atoms with Crippen LogP contribution in [0.2, 0.25) is 0 Å². The Labute approximate surface area is 147 Å². The van der Waals surface area contributed by atoms with Gasteiger partial charge >= 0.3 is 6.03 Å². The summed E-state index contributed by atoms with van der Waals surface area (Å²) in [4.78, 5) is 28.9. The van der Waals surface area contributed by atoms with E-state index in [1.54, 1.807) is 4.90 Å². The van der Waals surface area contributed by atoms with Crippen LogP contribution in [0.1, 0.15) is 61.9 Å². The molecule has 8 nitrogen and oxygen atoms in total. The van der Waals surface area contributed by atoms with Crippen LogP contribution in [0.25, 0.3) is 0 Å². The molecule has 1 spiro atoms. The third-order valence-corrected chi connectivity index (χ3v) is 5.98. The molecule has 0 radical (unpaired) electrons. The molecule has 8 heteroatoms. The molecule has 136 valence electrons. The van der Waals surface area contributed by atoms with Crippen LogP contribution in [0, 0.1) is 5.41 Å². The summed E-state index contributed by atoms with van der Waals surface area (Å²) in [6.45, 7) is 3.06. The number of carbonyl (C=O) groups excluding carboxylic acids is 2. The highest BCUT2D eigenvalue weighted by Gasteiger charge is 2.40. The highest BCUT2D eigenvalue weighted by Crippen LogP contribution is 2.46. The molecule has 3 fully saturated rings. The summed E-state index contributed by atoms with van der Waals surface area (Å²) < 4.78 is 0. The summed E-state index contributed by atoms with van der Waals surface area (Å²) in [6.07, 6.45) is 9.19. The molecular weight excluding hydrogens is 320 g/mol. The molecule has 0 aromatic carbocycles. The van der Waals surface area contributed by atoms with Crippen molar-refractivity contribution in [2.45, 2.75) is 51.4 Å². The van der Waals surface area contributed by atoms with E-state index in [2.05, 4.69) is 20.7 Å². The van der Waals surface area contributed by atoms with Gasteiger partial charge in [-0.15, -0.1) is 10.2 Å². The normalized spacial score (nSPS) is 22.6. The van der Waals surface area contributed by atoms with Crippen molar-refractivity contribution in [1.82, 2.24) is 25.2 Å². The minimum absolute atomic E-state index is 0.159. The molecule has 2 N–H and O–H groups in total. The van der Waals surface area contributed by atoms with Crippen LogP contribution in [0.4, 0.5) is 10.6 Å². The molecule has 1 saturated carbocycles. The van der Waals surface area contributed by atoms with Gasteiger partial charge in [0.15, 0.2) is 11.5 Å². The number of anilines is 1. The highest BCUT2D eigenvalue weighted by atomic mass is 16.2. The Hall–Kier alpha value is -2.12. The Morgan fingerprint density at radius 2 is 1.60 bits per heavy atom. The Morgan fingerprint density at radius 3 is 2.32 bits per heavy atom. The van der Waals surface area contributed by atoms with Crippen LogP contribution in [0.15, 0.2) is 0 Å². The molecule has 3 amide bonds. The number of aromatic amines is 1. The summed E-state index contributed by atoms with van der Waals surface area (Å²) in [7, 11) is 0. The lowest BCUT2D eigenvalue weighted by atomic mass is 9.66. The quantitative estimate of drug-likeness (QED) is 0.858. The lowest BCUT2D eigenvalue weighted by Gasteiger charge is -2.43. The van der Waals surface area contributed by atoms with Gasteiger partial charge in [0.25, 0.3) is 5.91 Å². The number of carbonyl (C=O) groups is 2. The van der Waals surface area contributed by atoms with Crippen molar-refractivity contribution in [1.29, 1.82) is 0 Å². The van der Waals surface area contributed by atoms with Crippen molar-refractivity contribution < 1.29 is 9.59 Å². The minimum atomic E-state index is -0.169. The predicted octanol–water partition coefficient (Wildman–Crippen LogP) is 2.23. The van der Waals surface area contributed by atoms with Gasteiger partial charge < -0.3 is 9.80 Å². The maximum atomic E-state index is 12.8. The first-order valence-corrected chi connectivity index (χ1v) is 9.43. The highest BCUT2D eigenvalue weighted by molar-refractivity contribution is 6.00. The minimum Gasteiger partial charge on any atom is -0.337 e. The summed E-state index contributed by atoms with van der Waals surface area (Å²) in [5.41, 5.74) is 0.537. The van der Waals surface area contributed by atoms with E-state index in [-0.39, 0.29) is 23.5 Å². The maximum Gasteiger partial charge on any atom is 0.323 e. The molecule has 0 bridgehead atoms. The van der Waals surface area contributed by atoms with Gasteiger partial charge in [-0.1, -0.05) is 12.8 Å². The third-order valence-electron chi connectivity index (χ3n) is 5.98. The number of urea groups is 1. The predicted molar refractivity (Wildman–Crippen MR) is 92.2 cm³/mol. The van der Waals surface area contributed by atoms with Crippen LogP contribution < -0.4 is 5.32 Å². The number of nitrogens with zero attached hydrogens (tertiary/aromatic N) is 4. The topological polar surface area (TPSA) is 94.2 Å². The Kier molecular flexibility index (Phi) is 4.35. The first-order chi connectivity index (χ1) is 12.2. The standard InChI is InChI=1S/C17H26N6O2/c24-15(22-9-3-4-10-22)13-14(20-21-19-13)18-16(25)23-11-2-1-6-17(12-23)7-5-8-17/h1-12H2,(H2,18,19,20,21,25). The zero-order valence-corrected chi connectivity index (χ0v) is 14.6. The SMILES string of the molecule is O=C(Nc1n[nH]nc1C(=O)N1CCCC1)N1CCCCC2(CCC2)C1. The molecule has 0 unspecified atom stereocenters. The zero-order chi connectivity index (χ0) is 17.3. The number of rotatable bonds is 2. The van der Waals surface area contributed by atoms with Crippen LogP contribution in [-0.4, -0.2) is 63.3 Å². The van der Waals surface area contributed by atoms with Crippen molar-refractivity contribution in [3.8, 4) is 0 Å². The van der Waals surface area contributed by atoms with Crippen LogP contribution in [0.5, 0.6) is 0 Å². The van der Waals surface area contributed by atoms with E-state index >= 15 is 0 Å². The molecule has 4 rings (SSSR count). The van der Waals surface area contributed by atoms with E-state index in [4.69, 9.17) is 0 Å². The molecule has 25 heavy (non-hydrogen) atoms. The summed E-state index contributed by atoms with van der Waals surface area (Å²) in [5, 5.41) is 13.3. The average molecular weight is 346 g/mol. The van der Waals surface area contributed by atoms with E-state index < -0.39 is 0 Å². The van der Waals surface area contributed by atoms with Crippen molar-refractivity contribution >= 4 is 17.8 Å². The van der Waals surface area contributed by atoms with Gasteiger partial charge in [0.1, 0.15) is 0 Å².